The van der Waals surface area contributed by atoms with E-state index in [2.05, 4.69) is 21.2 Å². The van der Waals surface area contributed by atoms with Crippen molar-refractivity contribution in [3.63, 3.8) is 0 Å². The van der Waals surface area contributed by atoms with Gasteiger partial charge in [0, 0.05) is 17.6 Å². The summed E-state index contributed by atoms with van der Waals surface area (Å²) in [5.41, 5.74) is 0.923. The molecule has 2 nitrogen and oxygen atoms in total. The lowest BCUT2D eigenvalue weighted by Gasteiger charge is -2.27. The number of hydrogen-bond donors (Lipinski definition) is 2. The van der Waals surface area contributed by atoms with E-state index in [1.807, 2.05) is 6.07 Å². The Labute approximate surface area is 116 Å². The van der Waals surface area contributed by atoms with Gasteiger partial charge in [-0.3, -0.25) is 0 Å². The second kappa shape index (κ2) is 6.64. The third-order valence-corrected chi connectivity index (χ3v) is 3.98. The van der Waals surface area contributed by atoms with Crippen LogP contribution in [0.1, 0.15) is 31.2 Å². The van der Waals surface area contributed by atoms with E-state index in [0.717, 1.165) is 35.8 Å². The Kier molecular flexibility index (Phi) is 5.15. The van der Waals surface area contributed by atoms with Crippen LogP contribution in [0, 0.1) is 11.7 Å². The molecule has 2 rings (SSSR count). The average molecular weight is 316 g/mol. The predicted molar refractivity (Wildman–Crippen MR) is 73.8 cm³/mol. The highest BCUT2D eigenvalue weighted by atomic mass is 79.9. The van der Waals surface area contributed by atoms with E-state index in [0.29, 0.717) is 12.5 Å². The topological polar surface area (TPSA) is 32.3 Å². The van der Waals surface area contributed by atoms with Crippen LogP contribution in [0.2, 0.25) is 0 Å². The van der Waals surface area contributed by atoms with Crippen LogP contribution in [0.15, 0.2) is 22.7 Å². The van der Waals surface area contributed by atoms with Gasteiger partial charge in [0.05, 0.1) is 6.10 Å². The minimum atomic E-state index is -0.223. The number of aliphatic hydroxyl groups excluding tert-OH is 1. The summed E-state index contributed by atoms with van der Waals surface area (Å²) in [7, 11) is 0. The smallest absolute Gasteiger partial charge is 0.124 e. The van der Waals surface area contributed by atoms with Crippen LogP contribution in [-0.4, -0.2) is 17.8 Å². The first-order chi connectivity index (χ1) is 8.65. The molecule has 2 unspecified atom stereocenters. The first-order valence-electron chi connectivity index (χ1n) is 6.49. The molecule has 0 radical (unpaired) electrons. The lowest BCUT2D eigenvalue weighted by atomic mass is 9.86. The van der Waals surface area contributed by atoms with Crippen molar-refractivity contribution in [1.82, 2.24) is 5.32 Å². The van der Waals surface area contributed by atoms with E-state index >= 15 is 0 Å². The van der Waals surface area contributed by atoms with Crippen molar-refractivity contribution in [1.29, 1.82) is 0 Å². The normalized spacial score (nSPS) is 24.2. The number of nitrogens with one attached hydrogen (secondary N) is 1. The fraction of sp³-hybridized carbons (Fsp3) is 0.571. The molecule has 0 heterocycles. The fourth-order valence-electron chi connectivity index (χ4n) is 2.54. The molecule has 2 N–H and O–H groups in total. The van der Waals surface area contributed by atoms with Gasteiger partial charge in [-0.25, -0.2) is 4.39 Å². The van der Waals surface area contributed by atoms with Crippen molar-refractivity contribution >= 4 is 15.9 Å². The maximum atomic E-state index is 13.2. The summed E-state index contributed by atoms with van der Waals surface area (Å²) in [6.45, 7) is 1.44. The van der Waals surface area contributed by atoms with Gasteiger partial charge < -0.3 is 10.4 Å². The minimum Gasteiger partial charge on any atom is -0.393 e. The van der Waals surface area contributed by atoms with Gasteiger partial charge in [-0.15, -0.1) is 0 Å². The number of halogens is 2. The van der Waals surface area contributed by atoms with E-state index in [-0.39, 0.29) is 11.9 Å². The summed E-state index contributed by atoms with van der Waals surface area (Å²) in [4.78, 5) is 0. The van der Waals surface area contributed by atoms with Crippen molar-refractivity contribution in [3.05, 3.63) is 34.1 Å². The summed E-state index contributed by atoms with van der Waals surface area (Å²) < 4.78 is 13.9. The van der Waals surface area contributed by atoms with Crippen LogP contribution >= 0.6 is 15.9 Å². The maximum Gasteiger partial charge on any atom is 0.124 e. The van der Waals surface area contributed by atoms with Crippen LogP contribution in [-0.2, 0) is 6.54 Å². The quantitative estimate of drug-likeness (QED) is 0.894. The highest BCUT2D eigenvalue weighted by Gasteiger charge is 2.22. The van der Waals surface area contributed by atoms with E-state index in [1.165, 1.54) is 18.6 Å². The van der Waals surface area contributed by atoms with E-state index in [1.54, 1.807) is 0 Å². The summed E-state index contributed by atoms with van der Waals surface area (Å²) >= 11 is 3.28. The largest absolute Gasteiger partial charge is 0.393 e. The number of aliphatic hydroxyl groups is 1. The molecule has 1 aromatic rings. The Bertz CT molecular complexity index is 379. The molecule has 4 heteroatoms. The first kappa shape index (κ1) is 14.0. The van der Waals surface area contributed by atoms with E-state index < -0.39 is 0 Å². The SMILES string of the molecule is OC1CCCCC1CNCc1cc(F)cc(Br)c1. The molecule has 18 heavy (non-hydrogen) atoms. The Morgan fingerprint density at radius 1 is 1.28 bits per heavy atom. The Hall–Kier alpha value is -0.450. The third kappa shape index (κ3) is 4.04. The van der Waals surface area contributed by atoms with E-state index in [9.17, 15) is 9.50 Å². The molecule has 100 valence electrons. The molecule has 0 saturated heterocycles. The Morgan fingerprint density at radius 3 is 2.78 bits per heavy atom. The Balaban J connectivity index is 1.80. The Morgan fingerprint density at radius 2 is 2.06 bits per heavy atom. The molecule has 2 atom stereocenters. The summed E-state index contributed by atoms with van der Waals surface area (Å²) in [6.07, 6.45) is 4.16. The lowest BCUT2D eigenvalue weighted by Crippen LogP contribution is -2.33. The molecular weight excluding hydrogens is 297 g/mol. The number of benzene rings is 1. The monoisotopic (exact) mass is 315 g/mol. The molecule has 1 fully saturated rings. The van der Waals surface area contributed by atoms with Crippen molar-refractivity contribution < 1.29 is 9.50 Å². The zero-order valence-corrected chi connectivity index (χ0v) is 11.9. The van der Waals surface area contributed by atoms with Gasteiger partial charge in [0.25, 0.3) is 0 Å². The molecule has 0 amide bonds. The van der Waals surface area contributed by atoms with Crippen LogP contribution in [0.5, 0.6) is 0 Å². The van der Waals surface area contributed by atoms with Gasteiger partial charge in [0.15, 0.2) is 0 Å². The fourth-order valence-corrected chi connectivity index (χ4v) is 3.05. The lowest BCUT2D eigenvalue weighted by molar-refractivity contribution is 0.0695. The first-order valence-corrected chi connectivity index (χ1v) is 7.28. The van der Waals surface area contributed by atoms with Crippen molar-refractivity contribution in [2.45, 2.75) is 38.3 Å². The zero-order valence-electron chi connectivity index (χ0n) is 10.3. The van der Waals surface area contributed by atoms with Gasteiger partial charge in [-0.1, -0.05) is 28.8 Å². The highest BCUT2D eigenvalue weighted by molar-refractivity contribution is 9.10. The molecular formula is C14H19BrFNO. The summed E-state index contributed by atoms with van der Waals surface area (Å²) in [5, 5.41) is 13.2. The van der Waals surface area contributed by atoms with Gasteiger partial charge in [-0.05, 0) is 42.5 Å². The molecule has 1 aromatic carbocycles. The second-order valence-electron chi connectivity index (χ2n) is 5.02. The van der Waals surface area contributed by atoms with Crippen molar-refractivity contribution in [2.75, 3.05) is 6.54 Å². The highest BCUT2D eigenvalue weighted by Crippen LogP contribution is 2.23. The van der Waals surface area contributed by atoms with Gasteiger partial charge in [0.1, 0.15) is 5.82 Å². The predicted octanol–water partition coefficient (Wildman–Crippen LogP) is 3.23. The maximum absolute atomic E-state index is 13.2. The number of rotatable bonds is 4. The van der Waals surface area contributed by atoms with Crippen LogP contribution < -0.4 is 5.32 Å². The molecule has 0 aliphatic heterocycles. The average Bonchev–Trinajstić information content (AvgIpc) is 2.30. The van der Waals surface area contributed by atoms with Crippen LogP contribution in [0.3, 0.4) is 0 Å². The minimum absolute atomic E-state index is 0.175. The molecule has 1 saturated carbocycles. The molecule has 0 aromatic heterocycles. The zero-order chi connectivity index (χ0) is 13.0. The molecule has 0 bridgehead atoms. The van der Waals surface area contributed by atoms with Crippen LogP contribution in [0.25, 0.3) is 0 Å². The molecule has 0 spiro atoms. The standard InChI is InChI=1S/C14H19BrFNO/c15-12-5-10(6-13(16)7-12)8-17-9-11-3-1-2-4-14(11)18/h5-7,11,14,17-18H,1-4,8-9H2. The third-order valence-electron chi connectivity index (χ3n) is 3.53. The van der Waals surface area contributed by atoms with Crippen molar-refractivity contribution in [3.8, 4) is 0 Å². The van der Waals surface area contributed by atoms with Crippen molar-refractivity contribution in [2.24, 2.45) is 5.92 Å². The van der Waals surface area contributed by atoms with Gasteiger partial charge in [0.2, 0.25) is 0 Å². The molecule has 1 aliphatic carbocycles. The summed E-state index contributed by atoms with van der Waals surface area (Å²) in [6, 6.07) is 4.90. The van der Waals surface area contributed by atoms with Gasteiger partial charge in [-0.2, -0.15) is 0 Å². The summed E-state index contributed by atoms with van der Waals surface area (Å²) in [5.74, 6) is 0.120. The number of hydrogen-bond acceptors (Lipinski definition) is 2. The second-order valence-corrected chi connectivity index (χ2v) is 5.94. The van der Waals surface area contributed by atoms with E-state index in [4.69, 9.17) is 0 Å². The molecule has 1 aliphatic rings. The van der Waals surface area contributed by atoms with Crippen LogP contribution in [0.4, 0.5) is 4.39 Å². The van der Waals surface area contributed by atoms with Gasteiger partial charge >= 0.3 is 0 Å².